The summed E-state index contributed by atoms with van der Waals surface area (Å²) in [6.07, 6.45) is 9.29. The molecule has 0 radical (unpaired) electrons. The van der Waals surface area contributed by atoms with Crippen molar-refractivity contribution in [3.63, 3.8) is 0 Å². The fourth-order valence-electron chi connectivity index (χ4n) is 3.92. The Hall–Kier alpha value is -0.290. The second-order valence-electron chi connectivity index (χ2n) is 7.17. The largest absolute Gasteiger partial charge is 1.00 e. The maximum absolute atomic E-state index is 12.3. The molecule has 25 heavy (non-hydrogen) atoms. The van der Waals surface area contributed by atoms with Crippen LogP contribution < -0.4 is 17.3 Å². The molecule has 3 rings (SSSR count). The average molecular weight is 403 g/mol. The predicted molar refractivity (Wildman–Crippen MR) is 99.9 cm³/mol. The van der Waals surface area contributed by atoms with Crippen LogP contribution in [0.2, 0.25) is 5.15 Å². The van der Waals surface area contributed by atoms with E-state index < -0.39 is 0 Å². The topological polar surface area (TPSA) is 34.4 Å². The first-order valence-electron chi connectivity index (χ1n) is 9.36. The highest BCUT2D eigenvalue weighted by Gasteiger charge is 2.26. The number of pyridine rings is 1. The lowest BCUT2D eigenvalue weighted by Gasteiger charge is -2.29. The third-order valence-corrected chi connectivity index (χ3v) is 6.89. The summed E-state index contributed by atoms with van der Waals surface area (Å²) in [5.41, 5.74) is 0. The van der Waals surface area contributed by atoms with Gasteiger partial charge in [0.1, 0.15) is 10.9 Å². The number of piperidine rings is 1. The molecule has 1 aromatic rings. The van der Waals surface area contributed by atoms with Crippen molar-refractivity contribution in [1.82, 2.24) is 4.98 Å². The molecule has 0 unspecified atom stereocenters. The van der Waals surface area contributed by atoms with E-state index in [4.69, 9.17) is 11.6 Å². The molecule has 3 nitrogen and oxygen atoms in total. The maximum atomic E-state index is 12.3. The number of nitrogens with one attached hydrogen (secondary N) is 1. The number of hydrogen-bond acceptors (Lipinski definition) is 3. The standard InChI is InChI=1S/C19H27ClN2OS.ClH/c20-18-7-4-8-19(21-18)24-16-9-12-22(13-10-16)14-11-17(23)15-5-2-1-3-6-15;/h4,7-8,15-16H,1-3,5-6,9-14H2;1H. The molecule has 0 atom stereocenters. The van der Waals surface area contributed by atoms with Gasteiger partial charge in [0.2, 0.25) is 0 Å². The fraction of sp³-hybridized carbons (Fsp3) is 0.684. The quantitative estimate of drug-likeness (QED) is 0.700. The number of likely N-dealkylation sites (tertiary alicyclic amines) is 1. The van der Waals surface area contributed by atoms with Crippen molar-refractivity contribution in [2.24, 2.45) is 5.92 Å². The summed E-state index contributed by atoms with van der Waals surface area (Å²) < 4.78 is 0. The van der Waals surface area contributed by atoms with E-state index in [9.17, 15) is 4.79 Å². The van der Waals surface area contributed by atoms with Crippen molar-refractivity contribution in [2.75, 3.05) is 19.6 Å². The van der Waals surface area contributed by atoms with E-state index in [1.807, 2.05) is 30.0 Å². The Morgan fingerprint density at radius 2 is 1.88 bits per heavy atom. The first-order valence-corrected chi connectivity index (χ1v) is 10.6. The molecule has 1 aromatic heterocycles. The Morgan fingerprint density at radius 3 is 2.56 bits per heavy atom. The Kier molecular flexibility index (Phi) is 9.05. The number of halogens is 2. The molecule has 2 fully saturated rings. The van der Waals surface area contributed by atoms with Crippen molar-refractivity contribution in [2.45, 2.75) is 61.6 Å². The number of nitrogens with zero attached hydrogens (tertiary/aromatic N) is 1. The SMILES string of the molecule is O=C(CC[NH+]1CCC(Sc2cccc(Cl)n2)CC1)C1CCCCC1.[Cl-]. The van der Waals surface area contributed by atoms with Gasteiger partial charge in [-0.2, -0.15) is 0 Å². The third-order valence-electron chi connectivity index (χ3n) is 5.40. The number of Topliss-reactive ketones (excluding diaryl/α,β-unsaturated/α-hetero) is 1. The molecule has 1 saturated heterocycles. The molecular formula is C19H28Cl2N2OS. The van der Waals surface area contributed by atoms with Gasteiger partial charge in [-0.15, -0.1) is 11.8 Å². The van der Waals surface area contributed by atoms with Crippen LogP contribution in [0.3, 0.4) is 0 Å². The normalized spacial score (nSPS) is 24.5. The van der Waals surface area contributed by atoms with Gasteiger partial charge in [0.25, 0.3) is 0 Å². The highest BCUT2D eigenvalue weighted by molar-refractivity contribution is 7.99. The molecule has 6 heteroatoms. The summed E-state index contributed by atoms with van der Waals surface area (Å²) in [5.74, 6) is 0.905. The van der Waals surface area contributed by atoms with Gasteiger partial charge in [-0.3, -0.25) is 4.79 Å². The lowest BCUT2D eigenvalue weighted by atomic mass is 9.85. The van der Waals surface area contributed by atoms with Crippen molar-refractivity contribution < 1.29 is 22.1 Å². The molecule has 0 amide bonds. The molecule has 0 bridgehead atoms. The van der Waals surface area contributed by atoms with Crippen LogP contribution in [0.1, 0.15) is 51.4 Å². The Morgan fingerprint density at radius 1 is 1.16 bits per heavy atom. The van der Waals surface area contributed by atoms with Crippen molar-refractivity contribution in [3.8, 4) is 0 Å². The van der Waals surface area contributed by atoms with Gasteiger partial charge >= 0.3 is 0 Å². The van der Waals surface area contributed by atoms with Crippen LogP contribution in [0.25, 0.3) is 0 Å². The van der Waals surface area contributed by atoms with E-state index >= 15 is 0 Å². The van der Waals surface area contributed by atoms with Gasteiger partial charge in [0.05, 0.1) is 31.1 Å². The third kappa shape index (κ3) is 6.74. The van der Waals surface area contributed by atoms with Gasteiger partial charge in [-0.25, -0.2) is 4.98 Å². The van der Waals surface area contributed by atoms with Crippen molar-refractivity contribution in [1.29, 1.82) is 0 Å². The molecule has 0 spiro atoms. The molecule has 2 aliphatic rings. The first kappa shape index (κ1) is 21.0. The minimum absolute atomic E-state index is 0. The van der Waals surface area contributed by atoms with Gasteiger partial charge < -0.3 is 17.3 Å². The van der Waals surface area contributed by atoms with Gasteiger partial charge in [-0.05, 0) is 25.0 Å². The second kappa shape index (κ2) is 10.8. The van der Waals surface area contributed by atoms with E-state index in [0.29, 0.717) is 22.1 Å². The van der Waals surface area contributed by atoms with E-state index in [2.05, 4.69) is 4.98 Å². The maximum Gasteiger partial charge on any atom is 0.141 e. The molecule has 1 N–H and O–H groups in total. The lowest BCUT2D eigenvalue weighted by molar-refractivity contribution is -0.903. The molecule has 1 aliphatic heterocycles. The summed E-state index contributed by atoms with van der Waals surface area (Å²) in [6, 6.07) is 5.83. The lowest BCUT2D eigenvalue weighted by Crippen LogP contribution is -3.13. The van der Waals surface area contributed by atoms with Crippen molar-refractivity contribution >= 4 is 29.1 Å². The second-order valence-corrected chi connectivity index (χ2v) is 8.87. The number of thioether (sulfide) groups is 1. The molecule has 140 valence electrons. The van der Waals surface area contributed by atoms with E-state index in [1.54, 1.807) is 4.90 Å². The minimum atomic E-state index is 0. The molecule has 2 heterocycles. The van der Waals surface area contributed by atoms with Crippen molar-refractivity contribution in [3.05, 3.63) is 23.4 Å². The van der Waals surface area contributed by atoms with Crippen LogP contribution in [0.4, 0.5) is 0 Å². The van der Waals surface area contributed by atoms with Crippen LogP contribution >= 0.6 is 23.4 Å². The zero-order valence-electron chi connectivity index (χ0n) is 14.7. The van der Waals surface area contributed by atoms with Gasteiger partial charge in [0, 0.05) is 24.0 Å². The van der Waals surface area contributed by atoms with Crippen LogP contribution in [0, 0.1) is 5.92 Å². The first-order chi connectivity index (χ1) is 11.7. The summed E-state index contributed by atoms with van der Waals surface area (Å²) >= 11 is 7.81. The number of ketones is 1. The monoisotopic (exact) mass is 402 g/mol. The number of carbonyl (C=O) groups is 1. The smallest absolute Gasteiger partial charge is 0.141 e. The molecule has 1 saturated carbocycles. The summed E-state index contributed by atoms with van der Waals surface area (Å²) in [6.45, 7) is 3.38. The number of rotatable bonds is 6. The Bertz CT molecular complexity index is 544. The van der Waals surface area contributed by atoms with Gasteiger partial charge in [0.15, 0.2) is 0 Å². The fourth-order valence-corrected chi connectivity index (χ4v) is 5.26. The number of hydrogen-bond donors (Lipinski definition) is 1. The Balaban J connectivity index is 0.00000225. The number of aromatic nitrogens is 1. The average Bonchev–Trinajstić information content (AvgIpc) is 2.62. The van der Waals surface area contributed by atoms with E-state index in [1.165, 1.54) is 45.2 Å². The number of quaternary nitrogens is 1. The van der Waals surface area contributed by atoms with E-state index in [-0.39, 0.29) is 12.4 Å². The van der Waals surface area contributed by atoms with Crippen LogP contribution in [0.5, 0.6) is 0 Å². The molecule has 0 aromatic carbocycles. The minimum Gasteiger partial charge on any atom is -1.00 e. The molecular weight excluding hydrogens is 375 g/mol. The van der Waals surface area contributed by atoms with Crippen LogP contribution in [-0.2, 0) is 4.79 Å². The van der Waals surface area contributed by atoms with Gasteiger partial charge in [-0.1, -0.05) is 36.9 Å². The zero-order valence-corrected chi connectivity index (χ0v) is 17.0. The van der Waals surface area contributed by atoms with E-state index in [0.717, 1.165) is 30.8 Å². The molecule has 1 aliphatic carbocycles. The highest BCUT2D eigenvalue weighted by Crippen LogP contribution is 2.27. The predicted octanol–water partition coefficient (Wildman–Crippen LogP) is 0.418. The number of carbonyl (C=O) groups excluding carboxylic acids is 1. The zero-order chi connectivity index (χ0) is 16.8. The Labute approximate surface area is 166 Å². The van der Waals surface area contributed by atoms with Crippen LogP contribution in [-0.4, -0.2) is 35.7 Å². The summed E-state index contributed by atoms with van der Waals surface area (Å²) in [5, 5.41) is 2.24. The van der Waals surface area contributed by atoms with Crippen LogP contribution in [0.15, 0.2) is 23.2 Å². The summed E-state index contributed by atoms with van der Waals surface area (Å²) in [7, 11) is 0. The highest BCUT2D eigenvalue weighted by atomic mass is 35.5. The summed E-state index contributed by atoms with van der Waals surface area (Å²) in [4.78, 5) is 18.3.